The fourth-order valence-corrected chi connectivity index (χ4v) is 5.44. The highest BCUT2D eigenvalue weighted by Gasteiger charge is 2.24. The van der Waals surface area contributed by atoms with Gasteiger partial charge in [-0.15, -0.1) is 0 Å². The molecule has 0 saturated carbocycles. The summed E-state index contributed by atoms with van der Waals surface area (Å²) in [5, 5.41) is 3.07. The van der Waals surface area contributed by atoms with Crippen LogP contribution in [0.3, 0.4) is 0 Å². The summed E-state index contributed by atoms with van der Waals surface area (Å²) in [5.41, 5.74) is 3.35. The molecule has 0 radical (unpaired) electrons. The first-order valence-electron chi connectivity index (χ1n) is 15.9. The molecule has 0 unspecified atom stereocenters. The molecular weight excluding hydrogens is 496 g/mol. The van der Waals surface area contributed by atoms with E-state index in [1.54, 1.807) is 0 Å². The van der Waals surface area contributed by atoms with Gasteiger partial charge in [-0.05, 0) is 58.4 Å². The van der Waals surface area contributed by atoms with Gasteiger partial charge in [0.15, 0.2) is 0 Å². The maximum absolute atomic E-state index is 13.6. The first kappa shape index (κ1) is 31.6. The van der Waals surface area contributed by atoms with Crippen molar-refractivity contribution in [3.63, 3.8) is 0 Å². The van der Waals surface area contributed by atoms with E-state index in [1.165, 1.54) is 51.4 Å². The zero-order chi connectivity index (χ0) is 28.7. The third kappa shape index (κ3) is 8.56. The van der Waals surface area contributed by atoms with Crippen LogP contribution in [0.4, 0.5) is 0 Å². The smallest absolute Gasteiger partial charge is 0.339 e. The standard InChI is InChI=1S/C36H50O4/c1-5-9-11-13-15-17-23-39-35(37)33-29-21-19-28(8-4)26-32(29)34(30-22-20-27(7-3)25-31(30)33)36(38)40-24-18-16-14-12-10-6-2/h19-22,25-26H,5-18,23-24H2,1-4H3. The zero-order valence-corrected chi connectivity index (χ0v) is 25.4. The van der Waals surface area contributed by atoms with Gasteiger partial charge in [0, 0.05) is 0 Å². The number of carbonyl (C=O) groups excluding carboxylic acids is 2. The monoisotopic (exact) mass is 546 g/mol. The molecule has 40 heavy (non-hydrogen) atoms. The van der Waals surface area contributed by atoms with Crippen molar-refractivity contribution >= 4 is 33.5 Å². The number of fused-ring (bicyclic) bond motifs is 2. The van der Waals surface area contributed by atoms with Crippen molar-refractivity contribution in [3.8, 4) is 0 Å². The summed E-state index contributed by atoms with van der Waals surface area (Å²) in [6.45, 7) is 9.45. The van der Waals surface area contributed by atoms with Gasteiger partial charge >= 0.3 is 11.9 Å². The zero-order valence-electron chi connectivity index (χ0n) is 25.4. The molecule has 3 aromatic rings. The Morgan fingerprint density at radius 1 is 0.500 bits per heavy atom. The maximum atomic E-state index is 13.6. The van der Waals surface area contributed by atoms with Crippen LogP contribution in [0.1, 0.15) is 137 Å². The Labute approximate surface area is 241 Å². The number of esters is 2. The lowest BCUT2D eigenvalue weighted by Crippen LogP contribution is -2.13. The molecule has 0 aromatic heterocycles. The van der Waals surface area contributed by atoms with E-state index in [2.05, 4.69) is 27.7 Å². The molecule has 4 nitrogen and oxygen atoms in total. The van der Waals surface area contributed by atoms with E-state index in [0.29, 0.717) is 24.3 Å². The minimum absolute atomic E-state index is 0.312. The molecule has 0 aliphatic carbocycles. The van der Waals surface area contributed by atoms with Crippen molar-refractivity contribution < 1.29 is 19.1 Å². The van der Waals surface area contributed by atoms with E-state index in [1.807, 2.05) is 36.4 Å². The number of aryl methyl sites for hydroxylation is 2. The van der Waals surface area contributed by atoms with Gasteiger partial charge in [-0.25, -0.2) is 9.59 Å². The van der Waals surface area contributed by atoms with Crippen LogP contribution in [0, 0.1) is 0 Å². The first-order valence-corrected chi connectivity index (χ1v) is 15.9. The normalized spacial score (nSPS) is 11.3. The summed E-state index contributed by atoms with van der Waals surface area (Å²) in [7, 11) is 0. The minimum atomic E-state index is -0.312. The summed E-state index contributed by atoms with van der Waals surface area (Å²) in [6, 6.07) is 12.2. The molecule has 0 heterocycles. The van der Waals surface area contributed by atoms with E-state index in [0.717, 1.165) is 71.2 Å². The molecule has 0 saturated heterocycles. The quantitative estimate of drug-likeness (QED) is 0.0904. The lowest BCUT2D eigenvalue weighted by atomic mass is 9.89. The predicted molar refractivity (Wildman–Crippen MR) is 168 cm³/mol. The molecule has 3 aromatic carbocycles. The van der Waals surface area contributed by atoms with Crippen LogP contribution >= 0.6 is 0 Å². The summed E-state index contributed by atoms with van der Waals surface area (Å²) >= 11 is 0. The molecule has 3 rings (SSSR count). The van der Waals surface area contributed by atoms with Gasteiger partial charge in [-0.1, -0.05) is 128 Å². The molecule has 4 heteroatoms. The second-order valence-corrected chi connectivity index (χ2v) is 11.0. The molecule has 0 amide bonds. The Bertz CT molecular complexity index is 1150. The van der Waals surface area contributed by atoms with Crippen LogP contribution in [0.5, 0.6) is 0 Å². The molecule has 0 aliphatic heterocycles. The van der Waals surface area contributed by atoms with Crippen LogP contribution in [0.15, 0.2) is 36.4 Å². The van der Waals surface area contributed by atoms with Gasteiger partial charge in [-0.3, -0.25) is 0 Å². The number of benzene rings is 3. The van der Waals surface area contributed by atoms with E-state index >= 15 is 0 Å². The summed E-state index contributed by atoms with van der Waals surface area (Å²) in [6.07, 6.45) is 15.3. The van der Waals surface area contributed by atoms with Crippen molar-refractivity contribution in [2.75, 3.05) is 13.2 Å². The number of ether oxygens (including phenoxy) is 2. The number of carbonyl (C=O) groups is 2. The van der Waals surface area contributed by atoms with Gasteiger partial charge in [-0.2, -0.15) is 0 Å². The van der Waals surface area contributed by atoms with Gasteiger partial charge in [0.05, 0.1) is 24.3 Å². The highest BCUT2D eigenvalue weighted by atomic mass is 16.5. The highest BCUT2D eigenvalue weighted by Crippen LogP contribution is 2.36. The van der Waals surface area contributed by atoms with Crippen molar-refractivity contribution in [1.29, 1.82) is 0 Å². The number of hydrogen-bond acceptors (Lipinski definition) is 4. The first-order chi connectivity index (χ1) is 19.5. The second-order valence-electron chi connectivity index (χ2n) is 11.0. The van der Waals surface area contributed by atoms with Crippen molar-refractivity contribution in [3.05, 3.63) is 58.7 Å². The van der Waals surface area contributed by atoms with Gasteiger partial charge < -0.3 is 9.47 Å². The highest BCUT2D eigenvalue weighted by molar-refractivity contribution is 6.24. The molecule has 0 aliphatic rings. The Balaban J connectivity index is 1.94. The third-order valence-electron chi connectivity index (χ3n) is 7.93. The lowest BCUT2D eigenvalue weighted by molar-refractivity contribution is 0.0489. The molecule has 0 spiro atoms. The Hall–Kier alpha value is -2.88. The van der Waals surface area contributed by atoms with Gasteiger partial charge in [0.25, 0.3) is 0 Å². The van der Waals surface area contributed by atoms with Crippen LogP contribution in [-0.4, -0.2) is 25.2 Å². The van der Waals surface area contributed by atoms with Crippen LogP contribution < -0.4 is 0 Å². The third-order valence-corrected chi connectivity index (χ3v) is 7.93. The Morgan fingerprint density at radius 3 is 1.25 bits per heavy atom. The SMILES string of the molecule is CCCCCCCCOC(=O)c1c2ccc(CC)cc2c(C(=O)OCCCCCCCC)c2ccc(CC)cc12. The predicted octanol–water partition coefficient (Wildman–Crippen LogP) is 10.2. The average Bonchev–Trinajstić information content (AvgIpc) is 2.97. The van der Waals surface area contributed by atoms with E-state index in [9.17, 15) is 9.59 Å². The molecule has 218 valence electrons. The minimum Gasteiger partial charge on any atom is -0.462 e. The van der Waals surface area contributed by atoms with Gasteiger partial charge in [0.2, 0.25) is 0 Å². The van der Waals surface area contributed by atoms with Crippen LogP contribution in [0.25, 0.3) is 21.5 Å². The van der Waals surface area contributed by atoms with E-state index < -0.39 is 0 Å². The molecule has 0 bridgehead atoms. The average molecular weight is 547 g/mol. The number of rotatable bonds is 18. The Kier molecular flexibility index (Phi) is 13.5. The fourth-order valence-electron chi connectivity index (χ4n) is 5.44. The molecular formula is C36H50O4. The second kappa shape index (κ2) is 17.0. The topological polar surface area (TPSA) is 52.6 Å². The number of unbranched alkanes of at least 4 members (excludes halogenated alkanes) is 10. The summed E-state index contributed by atoms with van der Waals surface area (Å²) < 4.78 is 11.7. The van der Waals surface area contributed by atoms with E-state index in [4.69, 9.17) is 9.47 Å². The lowest BCUT2D eigenvalue weighted by Gasteiger charge is -2.17. The Morgan fingerprint density at radius 2 is 0.875 bits per heavy atom. The van der Waals surface area contributed by atoms with Crippen LogP contribution in [0.2, 0.25) is 0 Å². The maximum Gasteiger partial charge on any atom is 0.339 e. The van der Waals surface area contributed by atoms with Crippen molar-refractivity contribution in [1.82, 2.24) is 0 Å². The largest absolute Gasteiger partial charge is 0.462 e. The molecule has 0 fully saturated rings. The fraction of sp³-hybridized carbons (Fsp3) is 0.556. The van der Waals surface area contributed by atoms with Crippen LogP contribution in [-0.2, 0) is 22.3 Å². The summed E-state index contributed by atoms with van der Waals surface area (Å²) in [5.74, 6) is -0.624. The molecule has 0 N–H and O–H groups in total. The molecule has 0 atom stereocenters. The van der Waals surface area contributed by atoms with Gasteiger partial charge in [0.1, 0.15) is 0 Å². The van der Waals surface area contributed by atoms with Crippen molar-refractivity contribution in [2.45, 2.75) is 118 Å². The summed E-state index contributed by atoms with van der Waals surface area (Å²) in [4.78, 5) is 27.2. The van der Waals surface area contributed by atoms with Crippen molar-refractivity contribution in [2.24, 2.45) is 0 Å². The van der Waals surface area contributed by atoms with E-state index in [-0.39, 0.29) is 11.9 Å². The number of hydrogen-bond donors (Lipinski definition) is 0.